The second-order valence-corrected chi connectivity index (χ2v) is 15.9. The molecule has 5 amide bonds. The summed E-state index contributed by atoms with van der Waals surface area (Å²) >= 11 is 0. The molecule has 1 aliphatic rings. The highest BCUT2D eigenvalue weighted by Crippen LogP contribution is 2.30. The monoisotopic (exact) mass is 737 g/mol. The first-order chi connectivity index (χ1) is 24.5. The maximum absolute atomic E-state index is 14.2. The van der Waals surface area contributed by atoms with Gasteiger partial charge in [0.05, 0.1) is 12.1 Å². The number of hydrogen-bond acceptors (Lipinski definition) is 8. The molecule has 292 valence electrons. The SMILES string of the molecule is CN[C@H](C(=O)N[C@H](C(=O)N(C)[C@H](/C=C(\C)C(=O)N[C@H](CCC(=O)CCCN1C(=O)C=CC1=O)C(=O)O)C(C)C)C(C)(C)C)C(C)(C)c1cccc(C)c1. The molecule has 13 heteroatoms. The molecule has 4 atom stereocenters. The molecule has 2 rings (SSSR count). The Balaban J connectivity index is 2.15. The predicted octanol–water partition coefficient (Wildman–Crippen LogP) is 3.44. The number of Topliss-reactive ketones (excluding diaryl/α,β-unsaturated/α-hetero) is 1. The number of rotatable bonds is 19. The lowest BCUT2D eigenvalue weighted by Crippen LogP contribution is -2.61. The minimum atomic E-state index is -1.35. The Bertz CT molecular complexity index is 1590. The van der Waals surface area contributed by atoms with Crippen LogP contribution in [0.1, 0.15) is 92.2 Å². The van der Waals surface area contributed by atoms with E-state index in [0.29, 0.717) is 0 Å². The summed E-state index contributed by atoms with van der Waals surface area (Å²) in [5.41, 5.74) is 0.920. The van der Waals surface area contributed by atoms with Crippen LogP contribution in [0.25, 0.3) is 0 Å². The number of nitrogens with zero attached hydrogens (tertiary/aromatic N) is 2. The number of imide groups is 1. The molecule has 1 aromatic carbocycles. The van der Waals surface area contributed by atoms with Gasteiger partial charge in [0.25, 0.3) is 11.8 Å². The van der Waals surface area contributed by atoms with E-state index >= 15 is 0 Å². The number of likely N-dealkylation sites (N-methyl/N-ethyl adjacent to an activating group) is 2. The van der Waals surface area contributed by atoms with E-state index in [2.05, 4.69) is 16.0 Å². The molecule has 0 saturated heterocycles. The van der Waals surface area contributed by atoms with Crippen LogP contribution in [0.3, 0.4) is 0 Å². The van der Waals surface area contributed by atoms with E-state index in [0.717, 1.165) is 28.2 Å². The molecule has 0 saturated carbocycles. The number of ketones is 1. The van der Waals surface area contributed by atoms with Gasteiger partial charge in [0.2, 0.25) is 17.7 Å². The summed E-state index contributed by atoms with van der Waals surface area (Å²) in [5, 5.41) is 18.4. The van der Waals surface area contributed by atoms with Crippen molar-refractivity contribution in [2.75, 3.05) is 20.6 Å². The van der Waals surface area contributed by atoms with Gasteiger partial charge in [0.1, 0.15) is 17.9 Å². The number of benzene rings is 1. The lowest BCUT2D eigenvalue weighted by molar-refractivity contribution is -0.142. The highest BCUT2D eigenvalue weighted by Gasteiger charge is 2.42. The van der Waals surface area contributed by atoms with Crippen molar-refractivity contribution in [3.05, 3.63) is 59.2 Å². The lowest BCUT2D eigenvalue weighted by atomic mass is 9.76. The highest BCUT2D eigenvalue weighted by molar-refractivity contribution is 6.12. The fourth-order valence-corrected chi connectivity index (χ4v) is 6.39. The molecule has 1 heterocycles. The molecule has 0 aliphatic carbocycles. The van der Waals surface area contributed by atoms with E-state index < -0.39 is 58.7 Å². The van der Waals surface area contributed by atoms with Gasteiger partial charge in [-0.1, -0.05) is 84.4 Å². The maximum atomic E-state index is 14.2. The summed E-state index contributed by atoms with van der Waals surface area (Å²) in [7, 11) is 3.33. The molecule has 4 N–H and O–H groups in total. The lowest BCUT2D eigenvalue weighted by Gasteiger charge is -2.40. The minimum absolute atomic E-state index is 0.0445. The fraction of sp³-hybridized carbons (Fsp3) is 0.575. The van der Waals surface area contributed by atoms with Crippen LogP contribution in [0.2, 0.25) is 0 Å². The number of hydrogen-bond donors (Lipinski definition) is 4. The summed E-state index contributed by atoms with van der Waals surface area (Å²) in [4.78, 5) is 91.8. The largest absolute Gasteiger partial charge is 0.480 e. The van der Waals surface area contributed by atoms with Crippen molar-refractivity contribution in [3.8, 4) is 0 Å². The Morgan fingerprint density at radius 2 is 1.55 bits per heavy atom. The average Bonchev–Trinajstić information content (AvgIpc) is 3.38. The van der Waals surface area contributed by atoms with E-state index in [1.165, 1.54) is 11.8 Å². The van der Waals surface area contributed by atoms with E-state index in [1.54, 1.807) is 20.2 Å². The zero-order valence-corrected chi connectivity index (χ0v) is 33.2. The summed E-state index contributed by atoms with van der Waals surface area (Å²) in [5.74, 6) is -3.95. The number of aryl methyl sites for hydroxylation is 1. The van der Waals surface area contributed by atoms with Crippen molar-refractivity contribution < 1.29 is 38.7 Å². The van der Waals surface area contributed by atoms with Gasteiger partial charge >= 0.3 is 5.97 Å². The van der Waals surface area contributed by atoms with Gasteiger partial charge in [-0.05, 0) is 50.6 Å². The molecule has 0 radical (unpaired) electrons. The highest BCUT2D eigenvalue weighted by atomic mass is 16.4. The Morgan fingerprint density at radius 1 is 0.943 bits per heavy atom. The van der Waals surface area contributed by atoms with Crippen LogP contribution in [0.15, 0.2) is 48.1 Å². The summed E-state index contributed by atoms with van der Waals surface area (Å²) in [6.45, 7) is 16.9. The standard InChI is InChI=1S/C40H59N5O8/c1-24(2)30(23-26(4)35(49)42-29(38(52)53)18-17-28(46)16-13-21-45-31(47)19-20-32(45)48)44(11)37(51)34(39(5,6)7)43-36(50)33(41-10)40(8,9)27-15-12-14-25(3)22-27/h12,14-15,19-20,22-24,29-30,33-34,41H,13,16-18,21H2,1-11H3,(H,42,49)(H,43,50)(H,52,53)/b26-23+/t29-,30-,33-,34-/m1/s1. The topological polar surface area (TPSA) is 182 Å². The van der Waals surface area contributed by atoms with Crippen LogP contribution in [-0.4, -0.2) is 101 Å². The van der Waals surface area contributed by atoms with Gasteiger partial charge < -0.3 is 26.0 Å². The van der Waals surface area contributed by atoms with Gasteiger partial charge in [-0.3, -0.25) is 33.7 Å². The molecular formula is C40H59N5O8. The molecular weight excluding hydrogens is 678 g/mol. The minimum Gasteiger partial charge on any atom is -0.480 e. The number of aliphatic carboxylic acids is 1. The van der Waals surface area contributed by atoms with Gasteiger partial charge in [-0.15, -0.1) is 0 Å². The van der Waals surface area contributed by atoms with Crippen LogP contribution >= 0.6 is 0 Å². The molecule has 0 aromatic heterocycles. The van der Waals surface area contributed by atoms with E-state index in [1.807, 2.05) is 79.7 Å². The third-order valence-corrected chi connectivity index (χ3v) is 9.74. The van der Waals surface area contributed by atoms with Crippen molar-refractivity contribution in [3.63, 3.8) is 0 Å². The Morgan fingerprint density at radius 3 is 2.06 bits per heavy atom. The summed E-state index contributed by atoms with van der Waals surface area (Å²) in [6.07, 6.45) is 3.95. The second-order valence-electron chi connectivity index (χ2n) is 15.9. The normalized spacial score (nSPS) is 15.9. The molecule has 1 aliphatic heterocycles. The first kappa shape index (κ1) is 44.5. The molecule has 0 bridgehead atoms. The summed E-state index contributed by atoms with van der Waals surface area (Å²) < 4.78 is 0. The van der Waals surface area contributed by atoms with Crippen LogP contribution in [0.5, 0.6) is 0 Å². The van der Waals surface area contributed by atoms with Crippen molar-refractivity contribution in [1.82, 2.24) is 25.8 Å². The smallest absolute Gasteiger partial charge is 0.326 e. The molecule has 13 nitrogen and oxygen atoms in total. The molecule has 1 aromatic rings. The van der Waals surface area contributed by atoms with Crippen molar-refractivity contribution in [1.29, 1.82) is 0 Å². The fourth-order valence-electron chi connectivity index (χ4n) is 6.39. The summed E-state index contributed by atoms with van der Waals surface area (Å²) in [6, 6.07) is 4.44. The molecule has 0 spiro atoms. The molecule has 53 heavy (non-hydrogen) atoms. The maximum Gasteiger partial charge on any atom is 0.326 e. The number of carboxylic acids is 1. The van der Waals surface area contributed by atoms with Gasteiger partial charge in [-0.2, -0.15) is 0 Å². The molecule has 0 fully saturated rings. The number of amides is 5. The Kier molecular flexibility index (Phi) is 15.9. The van der Waals surface area contributed by atoms with E-state index in [9.17, 15) is 38.7 Å². The van der Waals surface area contributed by atoms with Crippen LogP contribution < -0.4 is 16.0 Å². The van der Waals surface area contributed by atoms with Crippen molar-refractivity contribution in [2.45, 2.75) is 118 Å². The van der Waals surface area contributed by atoms with E-state index in [-0.39, 0.29) is 61.3 Å². The van der Waals surface area contributed by atoms with Gasteiger partial charge in [0, 0.05) is 49.6 Å². The Hall–Kier alpha value is -4.65. The van der Waals surface area contributed by atoms with Crippen LogP contribution in [-0.2, 0) is 39.0 Å². The third kappa shape index (κ3) is 12.2. The van der Waals surface area contributed by atoms with Crippen molar-refractivity contribution in [2.24, 2.45) is 11.3 Å². The first-order valence-electron chi connectivity index (χ1n) is 18.1. The third-order valence-electron chi connectivity index (χ3n) is 9.74. The van der Waals surface area contributed by atoms with Crippen LogP contribution in [0.4, 0.5) is 0 Å². The van der Waals surface area contributed by atoms with Crippen LogP contribution in [0, 0.1) is 18.3 Å². The second kappa shape index (κ2) is 18.9. The van der Waals surface area contributed by atoms with Crippen molar-refractivity contribution >= 4 is 41.3 Å². The average molecular weight is 738 g/mol. The quantitative estimate of drug-likeness (QED) is 0.122. The van der Waals surface area contributed by atoms with Gasteiger partial charge in [-0.25, -0.2) is 4.79 Å². The molecule has 0 unspecified atom stereocenters. The first-order valence-corrected chi connectivity index (χ1v) is 18.1. The van der Waals surface area contributed by atoms with Gasteiger partial charge in [0.15, 0.2) is 0 Å². The number of carbonyl (C=O) groups is 7. The zero-order valence-electron chi connectivity index (χ0n) is 33.2. The van der Waals surface area contributed by atoms with E-state index in [4.69, 9.17) is 0 Å². The number of carboxylic acid groups (broad SMARTS) is 1. The predicted molar refractivity (Wildman–Crippen MR) is 202 cm³/mol. The number of nitrogens with one attached hydrogen (secondary N) is 3. The Labute approximate surface area is 314 Å². The number of carbonyl (C=O) groups excluding carboxylic acids is 6. The zero-order chi connectivity index (χ0) is 40.4.